The van der Waals surface area contributed by atoms with Crippen molar-refractivity contribution in [1.29, 1.82) is 0 Å². The summed E-state index contributed by atoms with van der Waals surface area (Å²) in [5.41, 5.74) is 0.883. The largest absolute Gasteiger partial charge is 0.340 e. The molecule has 18 heavy (non-hydrogen) atoms. The molecular weight excluding hydrogens is 230 g/mol. The fourth-order valence-corrected chi connectivity index (χ4v) is 1.58. The first-order chi connectivity index (χ1) is 8.70. The molecule has 1 aromatic carbocycles. The maximum Gasteiger partial charge on any atom is 0.244 e. The summed E-state index contributed by atoms with van der Waals surface area (Å²) in [7, 11) is 0. The zero-order valence-electron chi connectivity index (χ0n) is 9.96. The topological polar surface area (TPSA) is 68.0 Å². The normalized spacial score (nSPS) is 11.8. The van der Waals surface area contributed by atoms with Crippen molar-refractivity contribution in [3.8, 4) is 0 Å². The maximum absolute atomic E-state index is 11.5. The lowest BCUT2D eigenvalue weighted by atomic mass is 10.1. The van der Waals surface area contributed by atoms with Crippen molar-refractivity contribution in [3.05, 3.63) is 60.3 Å². The molecule has 1 unspecified atom stereocenters. The fraction of sp³-hybridized carbons (Fsp3) is 0.154. The lowest BCUT2D eigenvalue weighted by Gasteiger charge is -2.14. The molecule has 1 aromatic heterocycles. The van der Waals surface area contributed by atoms with Crippen LogP contribution in [0.2, 0.25) is 0 Å². The van der Waals surface area contributed by atoms with Gasteiger partial charge in [0, 0.05) is 6.92 Å². The number of hydrogen-bond donors (Lipinski definition) is 1. The molecule has 0 fully saturated rings. The standard InChI is InChI=1S/C13H13N3O2/c1-3-11(17)15-12(10-7-5-4-6-8-10)13-14-9(2)18-16-13/h3-8,12H,1H2,2H3,(H,15,17). The van der Waals surface area contributed by atoms with E-state index in [1.165, 1.54) is 6.08 Å². The Morgan fingerprint density at radius 3 is 2.72 bits per heavy atom. The molecule has 1 amide bonds. The van der Waals surface area contributed by atoms with E-state index in [9.17, 15) is 4.79 Å². The Kier molecular flexibility index (Phi) is 3.52. The molecular formula is C13H13N3O2. The Bertz CT molecular complexity index is 548. The van der Waals surface area contributed by atoms with Crippen LogP contribution in [0.3, 0.4) is 0 Å². The Morgan fingerprint density at radius 2 is 2.17 bits per heavy atom. The number of amides is 1. The van der Waals surface area contributed by atoms with Gasteiger partial charge in [0.1, 0.15) is 6.04 Å². The van der Waals surface area contributed by atoms with Gasteiger partial charge in [-0.3, -0.25) is 4.79 Å². The zero-order chi connectivity index (χ0) is 13.0. The molecule has 1 N–H and O–H groups in total. The van der Waals surface area contributed by atoms with E-state index in [1.54, 1.807) is 6.92 Å². The van der Waals surface area contributed by atoms with Crippen molar-refractivity contribution in [3.63, 3.8) is 0 Å². The fourth-order valence-electron chi connectivity index (χ4n) is 1.58. The van der Waals surface area contributed by atoms with E-state index in [0.717, 1.165) is 5.56 Å². The van der Waals surface area contributed by atoms with Gasteiger partial charge in [-0.2, -0.15) is 4.98 Å². The first-order valence-corrected chi connectivity index (χ1v) is 5.49. The second kappa shape index (κ2) is 5.27. The van der Waals surface area contributed by atoms with Crippen molar-refractivity contribution in [2.24, 2.45) is 0 Å². The molecule has 5 nitrogen and oxygen atoms in total. The average Bonchev–Trinajstić information content (AvgIpc) is 2.83. The second-order valence-electron chi connectivity index (χ2n) is 3.73. The summed E-state index contributed by atoms with van der Waals surface area (Å²) in [6.45, 7) is 5.13. The van der Waals surface area contributed by atoms with Crippen molar-refractivity contribution >= 4 is 5.91 Å². The van der Waals surface area contributed by atoms with Gasteiger partial charge < -0.3 is 9.84 Å². The summed E-state index contributed by atoms with van der Waals surface area (Å²) < 4.78 is 4.94. The maximum atomic E-state index is 11.5. The lowest BCUT2D eigenvalue weighted by molar-refractivity contribution is -0.117. The summed E-state index contributed by atoms with van der Waals surface area (Å²) in [5, 5.41) is 6.62. The van der Waals surface area contributed by atoms with Crippen LogP contribution < -0.4 is 5.32 Å². The third kappa shape index (κ3) is 2.63. The number of aryl methyl sites for hydroxylation is 1. The molecule has 2 aromatic rings. The van der Waals surface area contributed by atoms with E-state index in [-0.39, 0.29) is 5.91 Å². The highest BCUT2D eigenvalue weighted by Crippen LogP contribution is 2.19. The van der Waals surface area contributed by atoms with Crippen LogP contribution in [-0.2, 0) is 4.79 Å². The number of benzene rings is 1. The van der Waals surface area contributed by atoms with Crippen molar-refractivity contribution in [2.75, 3.05) is 0 Å². The molecule has 92 valence electrons. The third-order valence-electron chi connectivity index (χ3n) is 2.41. The highest BCUT2D eigenvalue weighted by Gasteiger charge is 2.20. The van der Waals surface area contributed by atoms with E-state index >= 15 is 0 Å². The molecule has 0 aliphatic carbocycles. The minimum absolute atomic E-state index is 0.286. The Balaban J connectivity index is 2.34. The number of aromatic nitrogens is 2. The Morgan fingerprint density at radius 1 is 1.44 bits per heavy atom. The SMILES string of the molecule is C=CC(=O)NC(c1ccccc1)c1noc(C)n1. The summed E-state index contributed by atoms with van der Waals surface area (Å²) >= 11 is 0. The second-order valence-corrected chi connectivity index (χ2v) is 3.73. The van der Waals surface area contributed by atoms with E-state index in [1.807, 2.05) is 30.3 Å². The number of carbonyl (C=O) groups is 1. The smallest absolute Gasteiger partial charge is 0.244 e. The molecule has 0 bridgehead atoms. The van der Waals surface area contributed by atoms with E-state index in [0.29, 0.717) is 11.7 Å². The highest BCUT2D eigenvalue weighted by molar-refractivity contribution is 5.87. The molecule has 0 aliphatic rings. The van der Waals surface area contributed by atoms with E-state index in [2.05, 4.69) is 22.0 Å². The predicted octanol–water partition coefficient (Wildman–Crippen LogP) is 1.77. The van der Waals surface area contributed by atoms with Crippen LogP contribution in [0.5, 0.6) is 0 Å². The van der Waals surface area contributed by atoms with Gasteiger partial charge in [0.05, 0.1) is 0 Å². The lowest BCUT2D eigenvalue weighted by Crippen LogP contribution is -2.28. The van der Waals surface area contributed by atoms with Gasteiger partial charge in [-0.1, -0.05) is 42.1 Å². The predicted molar refractivity (Wildman–Crippen MR) is 65.7 cm³/mol. The average molecular weight is 243 g/mol. The minimum Gasteiger partial charge on any atom is -0.340 e. The zero-order valence-corrected chi connectivity index (χ0v) is 9.96. The van der Waals surface area contributed by atoms with Gasteiger partial charge >= 0.3 is 0 Å². The monoisotopic (exact) mass is 243 g/mol. The van der Waals surface area contributed by atoms with Crippen molar-refractivity contribution in [1.82, 2.24) is 15.5 Å². The van der Waals surface area contributed by atoms with Crippen LogP contribution in [-0.4, -0.2) is 16.0 Å². The summed E-state index contributed by atoms with van der Waals surface area (Å²) in [6.07, 6.45) is 1.21. The number of carbonyl (C=O) groups excluding carboxylic acids is 1. The summed E-state index contributed by atoms with van der Waals surface area (Å²) in [5.74, 6) is 0.596. The first kappa shape index (κ1) is 12.0. The number of rotatable bonds is 4. The van der Waals surface area contributed by atoms with Gasteiger partial charge in [0.2, 0.25) is 11.8 Å². The van der Waals surface area contributed by atoms with Crippen LogP contribution in [0.15, 0.2) is 47.5 Å². The first-order valence-electron chi connectivity index (χ1n) is 5.49. The molecule has 1 heterocycles. The van der Waals surface area contributed by atoms with E-state index < -0.39 is 6.04 Å². The van der Waals surface area contributed by atoms with Gasteiger partial charge in [-0.15, -0.1) is 0 Å². The van der Waals surface area contributed by atoms with Crippen LogP contribution in [0.4, 0.5) is 0 Å². The molecule has 5 heteroatoms. The van der Waals surface area contributed by atoms with Gasteiger partial charge in [-0.25, -0.2) is 0 Å². The van der Waals surface area contributed by atoms with Gasteiger partial charge in [0.15, 0.2) is 5.82 Å². The van der Waals surface area contributed by atoms with Crippen LogP contribution in [0.1, 0.15) is 23.3 Å². The summed E-state index contributed by atoms with van der Waals surface area (Å²) in [4.78, 5) is 15.6. The molecule has 0 spiro atoms. The van der Waals surface area contributed by atoms with Crippen LogP contribution in [0.25, 0.3) is 0 Å². The number of nitrogens with zero attached hydrogens (tertiary/aromatic N) is 2. The van der Waals surface area contributed by atoms with Crippen molar-refractivity contribution < 1.29 is 9.32 Å². The van der Waals surface area contributed by atoms with E-state index in [4.69, 9.17) is 4.52 Å². The summed E-state index contributed by atoms with van der Waals surface area (Å²) in [6, 6.07) is 9.01. The quantitative estimate of drug-likeness (QED) is 0.831. The van der Waals surface area contributed by atoms with Crippen LogP contribution in [0, 0.1) is 6.92 Å². The number of hydrogen-bond acceptors (Lipinski definition) is 4. The van der Waals surface area contributed by atoms with Crippen LogP contribution >= 0.6 is 0 Å². The highest BCUT2D eigenvalue weighted by atomic mass is 16.5. The molecule has 1 atom stereocenters. The van der Waals surface area contributed by atoms with Crippen molar-refractivity contribution in [2.45, 2.75) is 13.0 Å². The Hall–Kier alpha value is -2.43. The van der Waals surface area contributed by atoms with Gasteiger partial charge in [-0.05, 0) is 11.6 Å². The van der Waals surface area contributed by atoms with Gasteiger partial charge in [0.25, 0.3) is 0 Å². The Labute approximate surface area is 105 Å². The molecule has 2 rings (SSSR count). The molecule has 0 saturated carbocycles. The molecule has 0 aliphatic heterocycles. The minimum atomic E-state index is -0.436. The molecule has 0 radical (unpaired) electrons. The molecule has 0 saturated heterocycles. The third-order valence-corrected chi connectivity index (χ3v) is 2.41. The number of nitrogens with one attached hydrogen (secondary N) is 1.